The molecule has 0 fully saturated rings. The number of imidazole rings is 1. The number of aromatic nitrogens is 4. The van der Waals surface area contributed by atoms with Crippen molar-refractivity contribution in [3.8, 4) is 6.07 Å². The Hall–Kier alpha value is -2.42. The van der Waals surface area contributed by atoms with Gasteiger partial charge in [-0.15, -0.1) is 0 Å². The Morgan fingerprint density at radius 2 is 2.24 bits per heavy atom. The molecule has 0 saturated heterocycles. The lowest BCUT2D eigenvalue weighted by atomic mass is 10.4. The van der Waals surface area contributed by atoms with Gasteiger partial charge >= 0.3 is 0 Å². The zero-order chi connectivity index (χ0) is 12.3. The summed E-state index contributed by atoms with van der Waals surface area (Å²) in [5.41, 5.74) is 0.363. The topological polar surface area (TPSA) is 70.6 Å². The van der Waals surface area contributed by atoms with Crippen molar-refractivity contribution in [1.29, 1.82) is 5.26 Å². The Labute approximate surface area is 99.2 Å². The van der Waals surface area contributed by atoms with Crippen LogP contribution < -0.4 is 4.90 Å². The smallest absolute Gasteiger partial charge is 0.226 e. The van der Waals surface area contributed by atoms with Gasteiger partial charge in [-0.3, -0.25) is 0 Å². The maximum absolute atomic E-state index is 8.77. The van der Waals surface area contributed by atoms with Crippen LogP contribution in [0, 0.1) is 11.3 Å². The third-order valence-electron chi connectivity index (χ3n) is 2.40. The Morgan fingerprint density at radius 1 is 1.41 bits per heavy atom. The van der Waals surface area contributed by atoms with Crippen LogP contribution in [0.5, 0.6) is 0 Å². The van der Waals surface area contributed by atoms with Gasteiger partial charge < -0.3 is 9.47 Å². The molecule has 0 aliphatic heterocycles. The van der Waals surface area contributed by atoms with Crippen molar-refractivity contribution < 1.29 is 0 Å². The Morgan fingerprint density at radius 3 is 2.88 bits per heavy atom. The van der Waals surface area contributed by atoms with E-state index in [0.717, 1.165) is 5.82 Å². The molecule has 0 saturated carbocycles. The van der Waals surface area contributed by atoms with Gasteiger partial charge in [0, 0.05) is 32.7 Å². The molecule has 0 bridgehead atoms. The SMILES string of the molecule is CN(Cc1nccn1C)c1nccc(C#N)n1. The van der Waals surface area contributed by atoms with E-state index in [1.54, 1.807) is 18.5 Å². The van der Waals surface area contributed by atoms with Crippen molar-refractivity contribution in [3.05, 3.63) is 36.2 Å². The average molecular weight is 228 g/mol. The Bertz CT molecular complexity index is 553. The van der Waals surface area contributed by atoms with E-state index in [9.17, 15) is 0 Å². The van der Waals surface area contributed by atoms with Gasteiger partial charge in [-0.1, -0.05) is 0 Å². The van der Waals surface area contributed by atoms with Gasteiger partial charge in [-0.25, -0.2) is 15.0 Å². The van der Waals surface area contributed by atoms with Crippen molar-refractivity contribution in [2.45, 2.75) is 6.54 Å². The number of nitrogens with zero attached hydrogens (tertiary/aromatic N) is 6. The van der Waals surface area contributed by atoms with Crippen LogP contribution in [0.4, 0.5) is 5.95 Å². The highest BCUT2D eigenvalue weighted by atomic mass is 15.2. The zero-order valence-electron chi connectivity index (χ0n) is 9.70. The molecule has 0 amide bonds. The van der Waals surface area contributed by atoms with Gasteiger partial charge in [-0.2, -0.15) is 5.26 Å². The van der Waals surface area contributed by atoms with Crippen molar-refractivity contribution >= 4 is 5.95 Å². The van der Waals surface area contributed by atoms with Gasteiger partial charge in [0.05, 0.1) is 6.54 Å². The van der Waals surface area contributed by atoms with Crippen LogP contribution in [0.2, 0.25) is 0 Å². The largest absolute Gasteiger partial charge is 0.337 e. The highest BCUT2D eigenvalue weighted by Gasteiger charge is 2.08. The fourth-order valence-corrected chi connectivity index (χ4v) is 1.43. The van der Waals surface area contributed by atoms with Crippen LogP contribution in [0.3, 0.4) is 0 Å². The third kappa shape index (κ3) is 2.39. The van der Waals surface area contributed by atoms with Crippen LogP contribution in [-0.4, -0.2) is 26.6 Å². The van der Waals surface area contributed by atoms with Gasteiger partial charge in [0.1, 0.15) is 17.6 Å². The number of hydrogen-bond acceptors (Lipinski definition) is 5. The first-order chi connectivity index (χ1) is 8.20. The number of rotatable bonds is 3. The quantitative estimate of drug-likeness (QED) is 0.774. The second-order valence-electron chi connectivity index (χ2n) is 3.66. The van der Waals surface area contributed by atoms with E-state index in [-0.39, 0.29) is 0 Å². The summed E-state index contributed by atoms with van der Waals surface area (Å²) in [5, 5.41) is 8.77. The van der Waals surface area contributed by atoms with Crippen molar-refractivity contribution in [2.75, 3.05) is 11.9 Å². The van der Waals surface area contributed by atoms with Crippen LogP contribution in [0.15, 0.2) is 24.7 Å². The highest BCUT2D eigenvalue weighted by molar-refractivity contribution is 5.32. The predicted octanol–water partition coefficient (Wildman–Crippen LogP) is 0.718. The fraction of sp³-hybridized carbons (Fsp3) is 0.273. The standard InChI is InChI=1S/C11H12N6/c1-16-6-5-13-10(16)8-17(2)11-14-4-3-9(7-12)15-11/h3-6H,8H2,1-2H3. The van der Waals surface area contributed by atoms with Gasteiger partial charge in [0.2, 0.25) is 5.95 Å². The Kier molecular flexibility index (Phi) is 3.01. The summed E-state index contributed by atoms with van der Waals surface area (Å²) in [6, 6.07) is 3.58. The minimum absolute atomic E-state index is 0.363. The van der Waals surface area contributed by atoms with Crippen molar-refractivity contribution in [2.24, 2.45) is 7.05 Å². The second kappa shape index (κ2) is 4.61. The average Bonchev–Trinajstić information content (AvgIpc) is 2.75. The van der Waals surface area contributed by atoms with Crippen LogP contribution in [0.1, 0.15) is 11.5 Å². The number of hydrogen-bond donors (Lipinski definition) is 0. The molecule has 0 atom stereocenters. The van der Waals surface area contributed by atoms with Gasteiger partial charge in [-0.05, 0) is 6.07 Å². The summed E-state index contributed by atoms with van der Waals surface area (Å²) in [5.74, 6) is 1.44. The van der Waals surface area contributed by atoms with Gasteiger partial charge in [0.15, 0.2) is 0 Å². The molecule has 17 heavy (non-hydrogen) atoms. The normalized spacial score (nSPS) is 9.94. The molecule has 0 radical (unpaired) electrons. The summed E-state index contributed by atoms with van der Waals surface area (Å²) in [4.78, 5) is 14.3. The fourth-order valence-electron chi connectivity index (χ4n) is 1.43. The van der Waals surface area contributed by atoms with Crippen molar-refractivity contribution in [3.63, 3.8) is 0 Å². The summed E-state index contributed by atoms with van der Waals surface area (Å²) in [6.45, 7) is 0.596. The zero-order valence-corrected chi connectivity index (χ0v) is 9.70. The minimum atomic E-state index is 0.363. The number of nitriles is 1. The lowest BCUT2D eigenvalue weighted by Gasteiger charge is -2.16. The van der Waals surface area contributed by atoms with E-state index in [1.807, 2.05) is 35.8 Å². The lowest BCUT2D eigenvalue weighted by molar-refractivity contribution is 0.746. The molecule has 0 aliphatic carbocycles. The molecule has 86 valence electrons. The van der Waals surface area contributed by atoms with E-state index in [2.05, 4.69) is 15.0 Å². The van der Waals surface area contributed by atoms with Crippen molar-refractivity contribution in [1.82, 2.24) is 19.5 Å². The molecule has 0 N–H and O–H groups in total. The van der Waals surface area contributed by atoms with Crippen LogP contribution in [-0.2, 0) is 13.6 Å². The lowest BCUT2D eigenvalue weighted by Crippen LogP contribution is -2.21. The minimum Gasteiger partial charge on any atom is -0.337 e. The predicted molar refractivity (Wildman–Crippen MR) is 62.1 cm³/mol. The molecule has 2 aromatic rings. The summed E-state index contributed by atoms with van der Waals surface area (Å²) in [6.07, 6.45) is 5.21. The first-order valence-corrected chi connectivity index (χ1v) is 5.11. The summed E-state index contributed by atoms with van der Waals surface area (Å²) >= 11 is 0. The molecule has 0 unspecified atom stereocenters. The van der Waals surface area contributed by atoms with E-state index in [0.29, 0.717) is 18.2 Å². The molecule has 6 heteroatoms. The monoisotopic (exact) mass is 228 g/mol. The molecule has 0 aliphatic rings. The molecule has 0 spiro atoms. The number of anilines is 1. The molecule has 2 aromatic heterocycles. The summed E-state index contributed by atoms with van der Waals surface area (Å²) in [7, 11) is 3.80. The van der Waals surface area contributed by atoms with Crippen LogP contribution in [0.25, 0.3) is 0 Å². The molecule has 6 nitrogen and oxygen atoms in total. The first kappa shape index (κ1) is 11.1. The second-order valence-corrected chi connectivity index (χ2v) is 3.66. The molecule has 2 heterocycles. The van der Waals surface area contributed by atoms with E-state index < -0.39 is 0 Å². The van der Waals surface area contributed by atoms with Crippen LogP contribution >= 0.6 is 0 Å². The molecular weight excluding hydrogens is 216 g/mol. The molecular formula is C11H12N6. The molecule has 2 rings (SSSR count). The Balaban J connectivity index is 2.17. The number of aryl methyl sites for hydroxylation is 1. The van der Waals surface area contributed by atoms with E-state index in [1.165, 1.54) is 0 Å². The summed E-state index contributed by atoms with van der Waals surface area (Å²) < 4.78 is 1.94. The first-order valence-electron chi connectivity index (χ1n) is 5.11. The van der Waals surface area contributed by atoms with E-state index in [4.69, 9.17) is 5.26 Å². The maximum Gasteiger partial charge on any atom is 0.226 e. The highest BCUT2D eigenvalue weighted by Crippen LogP contribution is 2.08. The maximum atomic E-state index is 8.77. The van der Waals surface area contributed by atoms with E-state index >= 15 is 0 Å². The third-order valence-corrected chi connectivity index (χ3v) is 2.40. The van der Waals surface area contributed by atoms with Gasteiger partial charge in [0.25, 0.3) is 0 Å². The molecule has 0 aromatic carbocycles.